The van der Waals surface area contributed by atoms with E-state index in [-0.39, 0.29) is 6.61 Å². The predicted octanol–water partition coefficient (Wildman–Crippen LogP) is 3.26. The average Bonchev–Trinajstić information content (AvgIpc) is 2.81. The minimum absolute atomic E-state index is 0.265. The summed E-state index contributed by atoms with van der Waals surface area (Å²) in [5.74, 6) is 1.62. The Balaban J connectivity index is 1.62. The van der Waals surface area contributed by atoms with Crippen LogP contribution in [0.25, 0.3) is 0 Å². The van der Waals surface area contributed by atoms with Gasteiger partial charge in [0.2, 0.25) is 0 Å². The largest absolute Gasteiger partial charge is 0.395 e. The molecule has 2 aliphatic rings. The van der Waals surface area contributed by atoms with Crippen LogP contribution in [0.3, 0.4) is 0 Å². The van der Waals surface area contributed by atoms with Crippen LogP contribution in [0.15, 0.2) is 12.4 Å². The van der Waals surface area contributed by atoms with E-state index in [9.17, 15) is 5.11 Å². The first-order valence-electron chi connectivity index (χ1n) is 9.02. The van der Waals surface area contributed by atoms with Crippen molar-refractivity contribution in [1.29, 1.82) is 0 Å². The lowest BCUT2D eigenvalue weighted by atomic mass is 9.89. The van der Waals surface area contributed by atoms with Gasteiger partial charge in [-0.25, -0.2) is 9.97 Å². The quantitative estimate of drug-likeness (QED) is 0.927. The van der Waals surface area contributed by atoms with E-state index < -0.39 is 0 Å². The topological polar surface area (TPSA) is 49.2 Å². The molecule has 3 rings (SSSR count). The Labute approximate surface area is 134 Å². The maximum absolute atomic E-state index is 9.61. The molecule has 1 aromatic heterocycles. The molecule has 2 heterocycles. The second kappa shape index (κ2) is 8.02. The lowest BCUT2D eigenvalue weighted by molar-refractivity contribution is 0.118. The van der Waals surface area contributed by atoms with Crippen LogP contribution in [0.5, 0.6) is 0 Å². The monoisotopic (exact) mass is 303 g/mol. The number of rotatable bonds is 4. The third-order valence-electron chi connectivity index (χ3n) is 5.29. The Kier molecular flexibility index (Phi) is 5.79. The van der Waals surface area contributed by atoms with Gasteiger partial charge in [0.25, 0.3) is 0 Å². The molecule has 1 aliphatic carbocycles. The van der Waals surface area contributed by atoms with E-state index in [0.717, 1.165) is 25.3 Å². The highest BCUT2D eigenvalue weighted by molar-refractivity contribution is 5.08. The van der Waals surface area contributed by atoms with Crippen molar-refractivity contribution in [3.8, 4) is 0 Å². The number of aliphatic hydroxyl groups excluding tert-OH is 1. The molecule has 4 nitrogen and oxygen atoms in total. The van der Waals surface area contributed by atoms with Gasteiger partial charge in [0.1, 0.15) is 5.82 Å². The van der Waals surface area contributed by atoms with Crippen molar-refractivity contribution in [1.82, 2.24) is 14.9 Å². The van der Waals surface area contributed by atoms with Crippen molar-refractivity contribution >= 4 is 0 Å². The average molecular weight is 303 g/mol. The summed E-state index contributed by atoms with van der Waals surface area (Å²) in [6.07, 6.45) is 15.4. The number of nitrogens with zero attached hydrogens (tertiary/aromatic N) is 3. The minimum atomic E-state index is 0.265. The zero-order valence-electron chi connectivity index (χ0n) is 13.6. The van der Waals surface area contributed by atoms with Crippen molar-refractivity contribution in [3.05, 3.63) is 23.8 Å². The third-order valence-corrected chi connectivity index (χ3v) is 5.29. The number of aromatic nitrogens is 2. The molecule has 1 N–H and O–H groups in total. The molecular formula is C18H29N3O. The molecule has 4 heteroatoms. The second-order valence-corrected chi connectivity index (χ2v) is 6.94. The fraction of sp³-hybridized carbons (Fsp3) is 0.778. The molecule has 0 bridgehead atoms. The number of likely N-dealkylation sites (tertiary alicyclic amines) is 1. The van der Waals surface area contributed by atoms with Crippen LogP contribution in [0.4, 0.5) is 0 Å². The Morgan fingerprint density at radius 2 is 1.64 bits per heavy atom. The van der Waals surface area contributed by atoms with Crippen LogP contribution in [0.2, 0.25) is 0 Å². The van der Waals surface area contributed by atoms with Crippen LogP contribution in [-0.4, -0.2) is 39.2 Å². The summed E-state index contributed by atoms with van der Waals surface area (Å²) in [4.78, 5) is 11.7. The van der Waals surface area contributed by atoms with E-state index in [1.54, 1.807) is 0 Å². The van der Waals surface area contributed by atoms with Gasteiger partial charge in [-0.15, -0.1) is 0 Å². The highest BCUT2D eigenvalue weighted by Crippen LogP contribution is 2.30. The predicted molar refractivity (Wildman–Crippen MR) is 87.6 cm³/mol. The van der Waals surface area contributed by atoms with Gasteiger partial charge < -0.3 is 5.11 Å². The highest BCUT2D eigenvalue weighted by atomic mass is 16.3. The smallest absolute Gasteiger partial charge is 0.131 e. The maximum Gasteiger partial charge on any atom is 0.131 e. The highest BCUT2D eigenvalue weighted by Gasteiger charge is 2.21. The van der Waals surface area contributed by atoms with E-state index in [1.165, 1.54) is 56.9 Å². The van der Waals surface area contributed by atoms with E-state index in [0.29, 0.717) is 12.0 Å². The molecule has 0 unspecified atom stereocenters. The first-order valence-corrected chi connectivity index (χ1v) is 9.02. The molecule has 0 amide bonds. The zero-order chi connectivity index (χ0) is 15.2. The van der Waals surface area contributed by atoms with Gasteiger partial charge in [0.05, 0.1) is 6.61 Å². The van der Waals surface area contributed by atoms with Crippen LogP contribution in [0, 0.1) is 0 Å². The molecule has 2 fully saturated rings. The summed E-state index contributed by atoms with van der Waals surface area (Å²) in [5.41, 5.74) is 1.18. The van der Waals surface area contributed by atoms with Crippen molar-refractivity contribution in [2.75, 3.05) is 13.2 Å². The van der Waals surface area contributed by atoms with E-state index in [1.807, 2.05) is 12.4 Å². The molecule has 1 saturated carbocycles. The molecule has 0 spiro atoms. The summed E-state index contributed by atoms with van der Waals surface area (Å²) >= 11 is 0. The number of hydrogen-bond acceptors (Lipinski definition) is 4. The van der Waals surface area contributed by atoms with Crippen LogP contribution in [0.1, 0.15) is 75.1 Å². The molecular weight excluding hydrogens is 274 g/mol. The molecule has 22 heavy (non-hydrogen) atoms. The minimum Gasteiger partial charge on any atom is -0.395 e. The summed E-state index contributed by atoms with van der Waals surface area (Å²) in [6, 6.07) is 0.306. The molecule has 1 saturated heterocycles. The van der Waals surface area contributed by atoms with Crippen molar-refractivity contribution < 1.29 is 5.11 Å². The van der Waals surface area contributed by atoms with E-state index in [4.69, 9.17) is 0 Å². The fourth-order valence-electron chi connectivity index (χ4n) is 3.90. The molecule has 122 valence electrons. The van der Waals surface area contributed by atoms with E-state index in [2.05, 4.69) is 14.9 Å². The summed E-state index contributed by atoms with van der Waals surface area (Å²) in [7, 11) is 0. The Bertz CT molecular complexity index is 442. The zero-order valence-corrected chi connectivity index (χ0v) is 13.6. The lowest BCUT2D eigenvalue weighted by Gasteiger charge is -2.28. The molecule has 0 radical (unpaired) electrons. The summed E-state index contributed by atoms with van der Waals surface area (Å²) < 4.78 is 0. The van der Waals surface area contributed by atoms with Crippen LogP contribution in [-0.2, 0) is 6.54 Å². The normalized spacial score (nSPS) is 25.0. The van der Waals surface area contributed by atoms with Gasteiger partial charge in [-0.05, 0) is 32.2 Å². The number of aliphatic hydroxyl groups is 1. The summed E-state index contributed by atoms with van der Waals surface area (Å²) in [6.45, 7) is 2.22. The van der Waals surface area contributed by atoms with Crippen LogP contribution >= 0.6 is 0 Å². The third kappa shape index (κ3) is 4.05. The van der Waals surface area contributed by atoms with Gasteiger partial charge in [0, 0.05) is 36.5 Å². The van der Waals surface area contributed by atoms with Gasteiger partial charge in [-0.2, -0.15) is 0 Å². The van der Waals surface area contributed by atoms with Crippen molar-refractivity contribution in [3.63, 3.8) is 0 Å². The van der Waals surface area contributed by atoms with Gasteiger partial charge in [0.15, 0.2) is 0 Å². The molecule has 1 atom stereocenters. The standard InChI is InChI=1S/C18H29N3O/c22-14-17-9-5-2-6-10-21(17)13-15-11-19-18(20-12-15)16-7-3-1-4-8-16/h11-12,16-17,22H,1-10,13-14H2/t17-/m0/s1. The Morgan fingerprint density at radius 1 is 0.955 bits per heavy atom. The first kappa shape index (κ1) is 15.9. The van der Waals surface area contributed by atoms with Gasteiger partial charge in [-0.3, -0.25) is 4.90 Å². The Hall–Kier alpha value is -1.00. The summed E-state index contributed by atoms with van der Waals surface area (Å²) in [5, 5.41) is 9.61. The first-order chi connectivity index (χ1) is 10.9. The second-order valence-electron chi connectivity index (χ2n) is 6.94. The SMILES string of the molecule is OC[C@@H]1CCCCCN1Cc1cnc(C2CCCCC2)nc1. The molecule has 1 aromatic rings. The maximum atomic E-state index is 9.61. The van der Waals surface area contributed by atoms with Gasteiger partial charge in [-0.1, -0.05) is 32.1 Å². The molecule has 1 aliphatic heterocycles. The molecule has 0 aromatic carbocycles. The fourth-order valence-corrected chi connectivity index (χ4v) is 3.90. The lowest BCUT2D eigenvalue weighted by Crippen LogP contribution is -2.37. The van der Waals surface area contributed by atoms with Crippen molar-refractivity contribution in [2.45, 2.75) is 76.3 Å². The van der Waals surface area contributed by atoms with Crippen molar-refractivity contribution in [2.24, 2.45) is 0 Å². The van der Waals surface area contributed by atoms with Crippen LogP contribution < -0.4 is 0 Å². The van der Waals surface area contributed by atoms with E-state index >= 15 is 0 Å². The Morgan fingerprint density at radius 3 is 2.36 bits per heavy atom. The van der Waals surface area contributed by atoms with Gasteiger partial charge >= 0.3 is 0 Å². The number of hydrogen-bond donors (Lipinski definition) is 1.